The van der Waals surface area contributed by atoms with Crippen LogP contribution in [0.2, 0.25) is 0 Å². The molecule has 3 aliphatic rings. The molecule has 0 spiro atoms. The second-order valence-electron chi connectivity index (χ2n) is 23.8. The summed E-state index contributed by atoms with van der Waals surface area (Å²) in [5.41, 5.74) is 6.79. The number of nitrogens with zero attached hydrogens (tertiary/aromatic N) is 6. The molecule has 3 saturated heterocycles. The minimum Gasteiger partial charge on any atom is -0.459 e. The van der Waals surface area contributed by atoms with Gasteiger partial charge in [-0.05, 0) is 109 Å². The Bertz CT molecular complexity index is 2260. The van der Waals surface area contributed by atoms with Gasteiger partial charge in [-0.3, -0.25) is 9.78 Å². The SMILES string of the molecule is CC[C@H]1OC(=O)[C@H](C)C([C@H]2C[C@@](C)(OC)[C@@H](O)[C@H](C)O2)[C@H](C)[C@@H](O[C@@H]2O[C@H](C)C[C@H](N(C)CCc3cn(C(CF)Cc4ccc(-c5ccc(CN)nc5)cc4)nn3)[C@H]2O)C(C)(C)C[C@@H](C)CN(C)[C@H](C)[C@@H](O)[C@]1(C)O. The Morgan fingerprint density at radius 1 is 0.960 bits per heavy atom. The highest BCUT2D eigenvalue weighted by atomic mass is 19.1. The first-order chi connectivity index (χ1) is 35.3. The number of methoxy groups -OCH3 is 1. The summed E-state index contributed by atoms with van der Waals surface area (Å²) in [5.74, 6) is -2.37. The van der Waals surface area contributed by atoms with Crippen LogP contribution in [0.15, 0.2) is 48.8 Å². The van der Waals surface area contributed by atoms with E-state index < -0.39 is 108 Å². The molecule has 422 valence electrons. The number of benzene rings is 1. The van der Waals surface area contributed by atoms with Crippen molar-refractivity contribution in [1.29, 1.82) is 0 Å². The molecule has 75 heavy (non-hydrogen) atoms. The lowest BCUT2D eigenvalue weighted by molar-refractivity contribution is -0.295. The molecule has 0 radical (unpaired) electrons. The Balaban J connectivity index is 1.24. The fourth-order valence-electron chi connectivity index (χ4n) is 12.7. The van der Waals surface area contributed by atoms with Gasteiger partial charge in [0.15, 0.2) is 6.29 Å². The first kappa shape index (κ1) is 60.7. The monoisotopic (exact) mass is 1050 g/mol. The number of aliphatic hydroxyl groups is 4. The normalized spacial score (nSPS) is 37.1. The fraction of sp³-hybridized carbons (Fsp3) is 0.754. The Hall–Kier alpha value is -3.53. The number of esters is 1. The molecule has 0 saturated carbocycles. The predicted octanol–water partition coefficient (Wildman–Crippen LogP) is 5.93. The second kappa shape index (κ2) is 25.5. The zero-order valence-corrected chi connectivity index (χ0v) is 47.3. The van der Waals surface area contributed by atoms with E-state index in [0.717, 1.165) is 22.4 Å². The number of nitrogens with two attached hydrogens (primary N) is 1. The molecule has 0 aliphatic carbocycles. The quantitative estimate of drug-likeness (QED) is 0.111. The van der Waals surface area contributed by atoms with Gasteiger partial charge in [-0.2, -0.15) is 0 Å². The Labute approximate surface area is 446 Å². The molecule has 3 fully saturated rings. The number of rotatable bonds is 15. The van der Waals surface area contributed by atoms with Gasteiger partial charge in [0.25, 0.3) is 0 Å². The summed E-state index contributed by atoms with van der Waals surface area (Å²) in [7, 11) is 5.45. The Kier molecular flexibility index (Phi) is 20.6. The van der Waals surface area contributed by atoms with E-state index in [1.54, 1.807) is 31.1 Å². The van der Waals surface area contributed by atoms with Gasteiger partial charge < -0.3 is 59.6 Å². The number of ether oxygens (including phenoxy) is 5. The van der Waals surface area contributed by atoms with Crippen molar-refractivity contribution in [3.63, 3.8) is 0 Å². The third kappa shape index (κ3) is 14.0. The van der Waals surface area contributed by atoms with Crippen molar-refractivity contribution in [2.24, 2.45) is 34.8 Å². The zero-order chi connectivity index (χ0) is 55.3. The second-order valence-corrected chi connectivity index (χ2v) is 23.8. The molecule has 17 nitrogen and oxygen atoms in total. The number of aliphatic hydroxyl groups excluding tert-OH is 3. The van der Waals surface area contributed by atoms with Crippen molar-refractivity contribution in [2.75, 3.05) is 41.0 Å². The van der Waals surface area contributed by atoms with Gasteiger partial charge in [-0.25, -0.2) is 9.07 Å². The van der Waals surface area contributed by atoms with Crippen molar-refractivity contribution in [3.05, 3.63) is 65.7 Å². The van der Waals surface area contributed by atoms with Crippen molar-refractivity contribution in [3.8, 4) is 11.1 Å². The number of halogens is 1. The first-order valence-corrected chi connectivity index (χ1v) is 27.4. The third-order valence-electron chi connectivity index (χ3n) is 17.4. The van der Waals surface area contributed by atoms with E-state index in [1.165, 1.54) is 6.92 Å². The molecule has 2 aromatic heterocycles. The largest absolute Gasteiger partial charge is 0.459 e. The van der Waals surface area contributed by atoms with Crippen LogP contribution in [-0.2, 0) is 47.9 Å². The first-order valence-electron chi connectivity index (χ1n) is 27.4. The van der Waals surface area contributed by atoms with Gasteiger partial charge in [0.2, 0.25) is 0 Å². The number of hydrogen-bond donors (Lipinski definition) is 5. The molecule has 1 aromatic carbocycles. The predicted molar refractivity (Wildman–Crippen MR) is 285 cm³/mol. The van der Waals surface area contributed by atoms with E-state index in [2.05, 4.69) is 47.9 Å². The van der Waals surface area contributed by atoms with Crippen LogP contribution in [0.3, 0.4) is 0 Å². The van der Waals surface area contributed by atoms with Crippen LogP contribution in [0.5, 0.6) is 0 Å². The number of pyridine rings is 1. The lowest BCUT2D eigenvalue weighted by atomic mass is 9.65. The molecule has 6 rings (SSSR count). The summed E-state index contributed by atoms with van der Waals surface area (Å²) in [4.78, 5) is 23.2. The van der Waals surface area contributed by atoms with Crippen LogP contribution < -0.4 is 5.73 Å². The van der Waals surface area contributed by atoms with Crippen LogP contribution in [0.1, 0.15) is 125 Å². The smallest absolute Gasteiger partial charge is 0.309 e. The summed E-state index contributed by atoms with van der Waals surface area (Å²) in [6.45, 7) is 22.0. The maximum Gasteiger partial charge on any atom is 0.309 e. The molecule has 3 aliphatic heterocycles. The van der Waals surface area contributed by atoms with E-state index in [4.69, 9.17) is 29.4 Å². The Morgan fingerprint density at radius 2 is 1.64 bits per heavy atom. The molecule has 0 amide bonds. The molecule has 18 atom stereocenters. The van der Waals surface area contributed by atoms with Crippen molar-refractivity contribution in [2.45, 2.75) is 206 Å². The summed E-state index contributed by atoms with van der Waals surface area (Å²) < 4.78 is 49.0. The van der Waals surface area contributed by atoms with Crippen LogP contribution in [0, 0.1) is 29.1 Å². The zero-order valence-electron chi connectivity index (χ0n) is 47.3. The average molecular weight is 1050 g/mol. The number of alkyl halides is 1. The lowest BCUT2D eigenvalue weighted by Crippen LogP contribution is -2.61. The fourth-order valence-corrected chi connectivity index (χ4v) is 12.7. The highest BCUT2D eigenvalue weighted by Gasteiger charge is 2.54. The number of cyclic esters (lactones) is 1. The molecule has 2 unspecified atom stereocenters. The molecule has 0 bridgehead atoms. The van der Waals surface area contributed by atoms with Crippen LogP contribution in [0.4, 0.5) is 4.39 Å². The highest BCUT2D eigenvalue weighted by Crippen LogP contribution is 2.47. The van der Waals surface area contributed by atoms with E-state index in [-0.39, 0.29) is 30.9 Å². The number of hydrogen-bond acceptors (Lipinski definition) is 16. The topological polar surface area (TPSA) is 220 Å². The van der Waals surface area contributed by atoms with Gasteiger partial charge in [0, 0.05) is 75.5 Å². The molecule has 5 heterocycles. The van der Waals surface area contributed by atoms with Gasteiger partial charge >= 0.3 is 5.97 Å². The number of aromatic nitrogens is 4. The minimum absolute atomic E-state index is 0.0605. The van der Waals surface area contributed by atoms with E-state index >= 15 is 0 Å². The minimum atomic E-state index is -1.78. The molecule has 6 N–H and O–H groups in total. The van der Waals surface area contributed by atoms with Gasteiger partial charge in [0.05, 0.1) is 53.4 Å². The number of carbonyl (C=O) groups is 1. The number of likely N-dealkylation sites (N-methyl/N-ethyl adjacent to an activating group) is 2. The van der Waals surface area contributed by atoms with E-state index in [9.17, 15) is 29.6 Å². The van der Waals surface area contributed by atoms with E-state index in [1.807, 2.05) is 90.0 Å². The highest BCUT2D eigenvalue weighted by molar-refractivity contribution is 5.73. The van der Waals surface area contributed by atoms with E-state index in [0.29, 0.717) is 51.0 Å². The summed E-state index contributed by atoms with van der Waals surface area (Å²) >= 11 is 0. The summed E-state index contributed by atoms with van der Waals surface area (Å²) in [6.07, 6.45) is -1.34. The van der Waals surface area contributed by atoms with Crippen molar-refractivity contribution >= 4 is 5.97 Å². The van der Waals surface area contributed by atoms with Gasteiger partial charge in [0.1, 0.15) is 36.7 Å². The van der Waals surface area contributed by atoms with Crippen LogP contribution in [-0.4, -0.2) is 176 Å². The van der Waals surface area contributed by atoms with Crippen LogP contribution >= 0.6 is 0 Å². The number of carbonyl (C=O) groups excluding carboxylic acids is 1. The maximum absolute atomic E-state index is 14.7. The third-order valence-corrected chi connectivity index (χ3v) is 17.4. The Morgan fingerprint density at radius 3 is 2.25 bits per heavy atom. The van der Waals surface area contributed by atoms with Crippen molar-refractivity contribution in [1.82, 2.24) is 29.8 Å². The standard InChI is InChI=1S/C57H92FN7O10/c1-15-47-57(11,70)50(67)37(6)64(13)31-33(2)26-55(8,9)52(35(4)48(36(5)53(69)74-47)46-27-56(10,71-14)51(68)38(7)73-46)75-54-49(66)45(24-34(3)72-54)63(12)23-22-43-32-65(62-61-43)44(28-58)25-39-16-18-40(19-17-39)41-20-21-42(29-59)60-30-41/h16-21,30,32-38,44-52,54,66-68,70H,15,22-29,31,59H2,1-14H3/t33-,34-,35+,36-,37-,38+,44?,45+,46-,47-,48?,49-,50-,51+,52-,54+,56-,57-/m1/s1. The summed E-state index contributed by atoms with van der Waals surface area (Å²) in [6, 6.07) is 10.5. The van der Waals surface area contributed by atoms with Gasteiger partial charge in [-0.15, -0.1) is 5.10 Å². The maximum atomic E-state index is 14.7. The average Bonchev–Trinajstić information content (AvgIpc) is 3.85. The molecular formula is C57H92FN7O10. The van der Waals surface area contributed by atoms with Gasteiger partial charge in [-0.1, -0.05) is 77.1 Å². The lowest BCUT2D eigenvalue weighted by Gasteiger charge is -2.52. The van der Waals surface area contributed by atoms with Crippen LogP contribution in [0.25, 0.3) is 11.1 Å². The molecular weight excluding hydrogens is 962 g/mol. The summed E-state index contributed by atoms with van der Waals surface area (Å²) in [5, 5.41) is 56.3. The molecule has 3 aromatic rings. The van der Waals surface area contributed by atoms with Crippen molar-refractivity contribution < 1.29 is 53.3 Å². The molecule has 18 heteroatoms.